The Balaban J connectivity index is 1.84. The van der Waals surface area contributed by atoms with E-state index in [9.17, 15) is 18.0 Å². The maximum Gasteiger partial charge on any atom is 0.243 e. The smallest absolute Gasteiger partial charge is 0.243 e. The van der Waals surface area contributed by atoms with Crippen molar-refractivity contribution in [3.8, 4) is 5.75 Å². The van der Waals surface area contributed by atoms with Crippen LogP contribution in [-0.4, -0.2) is 57.1 Å². The summed E-state index contributed by atoms with van der Waals surface area (Å²) in [6, 6.07) is 23.5. The molecule has 1 N–H and O–H groups in total. The summed E-state index contributed by atoms with van der Waals surface area (Å²) in [4.78, 5) is 29.1. The highest BCUT2D eigenvalue weighted by Crippen LogP contribution is 2.23. The van der Waals surface area contributed by atoms with E-state index in [0.717, 1.165) is 34.7 Å². The van der Waals surface area contributed by atoms with Crippen LogP contribution in [0.4, 0.5) is 5.69 Å². The predicted octanol–water partition coefficient (Wildman–Crippen LogP) is 5.95. The zero-order chi connectivity index (χ0) is 31.2. The van der Waals surface area contributed by atoms with Gasteiger partial charge in [-0.3, -0.25) is 13.9 Å². The van der Waals surface area contributed by atoms with Gasteiger partial charge in [0.25, 0.3) is 0 Å². The molecule has 0 unspecified atom stereocenters. The number of nitrogens with one attached hydrogen (secondary N) is 1. The Morgan fingerprint density at radius 3 is 2.19 bits per heavy atom. The van der Waals surface area contributed by atoms with Crippen molar-refractivity contribution in [2.24, 2.45) is 0 Å². The number of nitrogens with zero attached hydrogens (tertiary/aromatic N) is 2. The molecular formula is C33H42BrN3O5S. The molecule has 232 valence electrons. The second kappa shape index (κ2) is 17.1. The number of hydrogen-bond donors (Lipinski definition) is 1. The predicted molar refractivity (Wildman–Crippen MR) is 176 cm³/mol. The van der Waals surface area contributed by atoms with Crippen LogP contribution < -0.4 is 14.4 Å². The first-order chi connectivity index (χ1) is 20.6. The summed E-state index contributed by atoms with van der Waals surface area (Å²) in [5.41, 5.74) is 2.34. The van der Waals surface area contributed by atoms with Crippen molar-refractivity contribution in [1.82, 2.24) is 10.2 Å². The van der Waals surface area contributed by atoms with Crippen LogP contribution in [0.15, 0.2) is 83.3 Å². The molecule has 0 aliphatic carbocycles. The number of amides is 2. The zero-order valence-electron chi connectivity index (χ0n) is 25.2. The third-order valence-electron chi connectivity index (χ3n) is 6.95. The molecular weight excluding hydrogens is 630 g/mol. The van der Waals surface area contributed by atoms with Gasteiger partial charge in [-0.25, -0.2) is 8.42 Å². The van der Waals surface area contributed by atoms with E-state index in [2.05, 4.69) is 28.2 Å². The second-order valence-electron chi connectivity index (χ2n) is 10.4. The minimum Gasteiger partial charge on any atom is -0.494 e. The van der Waals surface area contributed by atoms with Gasteiger partial charge in [-0.15, -0.1) is 0 Å². The van der Waals surface area contributed by atoms with E-state index in [-0.39, 0.29) is 37.7 Å². The molecule has 43 heavy (non-hydrogen) atoms. The summed E-state index contributed by atoms with van der Waals surface area (Å²) in [7, 11) is -3.60. The highest BCUT2D eigenvalue weighted by molar-refractivity contribution is 9.10. The van der Waals surface area contributed by atoms with E-state index >= 15 is 0 Å². The molecule has 0 aliphatic rings. The Hall–Kier alpha value is -3.37. The van der Waals surface area contributed by atoms with Crippen molar-refractivity contribution in [3.63, 3.8) is 0 Å². The number of halogens is 1. The van der Waals surface area contributed by atoms with Crippen molar-refractivity contribution >= 4 is 43.5 Å². The minimum absolute atomic E-state index is 0.0765. The van der Waals surface area contributed by atoms with Gasteiger partial charge in [-0.1, -0.05) is 71.7 Å². The average Bonchev–Trinajstić information content (AvgIpc) is 2.98. The fourth-order valence-electron chi connectivity index (χ4n) is 4.73. The largest absolute Gasteiger partial charge is 0.494 e. The lowest BCUT2D eigenvalue weighted by atomic mass is 10.0. The average molecular weight is 673 g/mol. The third-order valence-corrected chi connectivity index (χ3v) is 8.68. The minimum atomic E-state index is -3.60. The van der Waals surface area contributed by atoms with E-state index in [0.29, 0.717) is 31.0 Å². The maximum absolute atomic E-state index is 13.9. The fourth-order valence-corrected chi connectivity index (χ4v) is 5.96. The second-order valence-corrected chi connectivity index (χ2v) is 13.2. The lowest BCUT2D eigenvalue weighted by Gasteiger charge is -2.32. The zero-order valence-corrected chi connectivity index (χ0v) is 27.6. The number of carbonyl (C=O) groups is 2. The molecule has 0 fully saturated rings. The fraction of sp³-hybridized carbons (Fsp3) is 0.394. The number of anilines is 1. The Labute approximate surface area is 264 Å². The molecule has 0 bridgehead atoms. The van der Waals surface area contributed by atoms with Gasteiger partial charge in [0.15, 0.2) is 0 Å². The Morgan fingerprint density at radius 1 is 0.907 bits per heavy atom. The molecule has 0 heterocycles. The monoisotopic (exact) mass is 671 g/mol. The van der Waals surface area contributed by atoms with Crippen molar-refractivity contribution in [2.75, 3.05) is 30.3 Å². The first kappa shape index (κ1) is 34.1. The topological polar surface area (TPSA) is 96.0 Å². The van der Waals surface area contributed by atoms with E-state index in [1.807, 2.05) is 61.5 Å². The number of sulfonamides is 1. The number of hydrogen-bond acceptors (Lipinski definition) is 5. The molecule has 0 aromatic heterocycles. The lowest BCUT2D eigenvalue weighted by Crippen LogP contribution is -2.50. The summed E-state index contributed by atoms with van der Waals surface area (Å²) in [6.45, 7) is 5.36. The van der Waals surface area contributed by atoms with Crippen molar-refractivity contribution in [2.45, 2.75) is 58.5 Å². The third kappa shape index (κ3) is 11.0. The molecule has 0 radical (unpaired) electrons. The summed E-state index contributed by atoms with van der Waals surface area (Å²) in [5, 5.41) is 3.03. The molecule has 0 aliphatic heterocycles. The summed E-state index contributed by atoms with van der Waals surface area (Å²) < 4.78 is 33.1. The number of carbonyl (C=O) groups excluding carboxylic acids is 2. The molecule has 3 rings (SSSR count). The highest BCUT2D eigenvalue weighted by atomic mass is 79.9. The number of benzene rings is 3. The van der Waals surface area contributed by atoms with Crippen molar-refractivity contribution < 1.29 is 22.7 Å². The van der Waals surface area contributed by atoms with Gasteiger partial charge in [0.2, 0.25) is 21.8 Å². The molecule has 0 saturated carbocycles. The quantitative estimate of drug-likeness (QED) is 0.179. The normalized spacial score (nSPS) is 11.9. The van der Waals surface area contributed by atoms with Crippen LogP contribution >= 0.6 is 15.9 Å². The van der Waals surface area contributed by atoms with E-state index in [4.69, 9.17) is 4.74 Å². The van der Waals surface area contributed by atoms with Crippen LogP contribution in [-0.2, 0) is 32.6 Å². The first-order valence-electron chi connectivity index (χ1n) is 14.7. The molecule has 0 spiro atoms. The highest BCUT2D eigenvalue weighted by Gasteiger charge is 2.30. The first-order valence-corrected chi connectivity index (χ1v) is 17.3. The van der Waals surface area contributed by atoms with Gasteiger partial charge in [-0.05, 0) is 67.3 Å². The summed E-state index contributed by atoms with van der Waals surface area (Å²) in [5.74, 6) is 0.240. The Morgan fingerprint density at radius 2 is 1.58 bits per heavy atom. The van der Waals surface area contributed by atoms with E-state index in [1.54, 1.807) is 29.2 Å². The van der Waals surface area contributed by atoms with E-state index < -0.39 is 16.1 Å². The molecule has 0 saturated heterocycles. The Kier molecular flexibility index (Phi) is 13.5. The number of rotatable bonds is 17. The van der Waals surface area contributed by atoms with Gasteiger partial charge in [0, 0.05) is 36.9 Å². The molecule has 1 atom stereocenters. The SMILES string of the molecule is CCCCNC(=O)[C@H](Cc1ccccc1)N(Cc1ccc(Br)cc1)C(=O)CCCN(c1ccc(OCC)cc1)S(C)(=O)=O. The molecule has 10 heteroatoms. The lowest BCUT2D eigenvalue weighted by molar-refractivity contribution is -0.141. The standard InChI is InChI=1S/C33H42BrN3O5S/c1-4-6-22-35-33(39)31(24-26-11-8-7-9-12-26)36(25-27-14-16-28(34)17-15-27)32(38)13-10-23-37(43(3,40)41)29-18-20-30(21-19-29)42-5-2/h7-9,11-12,14-21,31H,4-6,10,13,22-25H2,1-3H3,(H,35,39)/t31-/m0/s1. The van der Waals surface area contributed by atoms with Gasteiger partial charge in [-0.2, -0.15) is 0 Å². The maximum atomic E-state index is 13.9. The molecule has 3 aromatic rings. The van der Waals surface area contributed by atoms with E-state index in [1.165, 1.54) is 4.31 Å². The Bertz CT molecular complexity index is 1400. The molecule has 2 amide bonds. The van der Waals surface area contributed by atoms with Crippen LogP contribution in [0.3, 0.4) is 0 Å². The summed E-state index contributed by atoms with van der Waals surface area (Å²) >= 11 is 3.46. The van der Waals surface area contributed by atoms with Crippen LogP contribution in [0.1, 0.15) is 50.7 Å². The number of ether oxygens (including phenoxy) is 1. The molecule has 8 nitrogen and oxygen atoms in total. The number of unbranched alkanes of at least 4 members (excludes halogenated alkanes) is 1. The summed E-state index contributed by atoms with van der Waals surface area (Å²) in [6.07, 6.45) is 3.66. The van der Waals surface area contributed by atoms with Crippen LogP contribution in [0, 0.1) is 0 Å². The van der Waals surface area contributed by atoms with Crippen LogP contribution in [0.2, 0.25) is 0 Å². The van der Waals surface area contributed by atoms with Gasteiger partial charge in [0.1, 0.15) is 11.8 Å². The van der Waals surface area contributed by atoms with Gasteiger partial charge < -0.3 is 15.0 Å². The van der Waals surface area contributed by atoms with Crippen LogP contribution in [0.25, 0.3) is 0 Å². The van der Waals surface area contributed by atoms with Crippen molar-refractivity contribution in [3.05, 3.63) is 94.5 Å². The molecule has 3 aromatic carbocycles. The van der Waals surface area contributed by atoms with Crippen molar-refractivity contribution in [1.29, 1.82) is 0 Å². The van der Waals surface area contributed by atoms with Gasteiger partial charge >= 0.3 is 0 Å². The van der Waals surface area contributed by atoms with Crippen LogP contribution in [0.5, 0.6) is 5.75 Å². The van der Waals surface area contributed by atoms with Gasteiger partial charge in [0.05, 0.1) is 18.6 Å².